The van der Waals surface area contributed by atoms with E-state index < -0.39 is 97.5 Å². The zero-order valence-electron chi connectivity index (χ0n) is 58.6. The molecule has 0 bridgehead atoms. The van der Waals surface area contributed by atoms with Gasteiger partial charge in [-0.3, -0.25) is 37.3 Å². The van der Waals surface area contributed by atoms with Crippen LogP contribution in [0.25, 0.3) is 0 Å². The monoisotopic (exact) mass is 1320 g/mol. The third-order valence-electron chi connectivity index (χ3n) is 17.1. The molecule has 0 aliphatic carbocycles. The third kappa shape index (κ3) is 62.2. The van der Waals surface area contributed by atoms with Crippen LogP contribution in [0.3, 0.4) is 0 Å². The molecule has 0 aromatic carbocycles. The van der Waals surface area contributed by atoms with Gasteiger partial charge in [0.1, 0.15) is 19.3 Å². The van der Waals surface area contributed by atoms with Crippen LogP contribution in [0.4, 0.5) is 0 Å². The highest BCUT2D eigenvalue weighted by atomic mass is 31.2. The van der Waals surface area contributed by atoms with Crippen LogP contribution in [-0.2, 0) is 65.4 Å². The van der Waals surface area contributed by atoms with Crippen molar-refractivity contribution in [3.63, 3.8) is 0 Å². The Balaban J connectivity index is 5.10. The van der Waals surface area contributed by atoms with Gasteiger partial charge < -0.3 is 33.8 Å². The lowest BCUT2D eigenvalue weighted by atomic mass is 9.99. The molecule has 4 unspecified atom stereocenters. The Morgan fingerprint density at radius 2 is 0.567 bits per heavy atom. The lowest BCUT2D eigenvalue weighted by Gasteiger charge is -2.21. The summed E-state index contributed by atoms with van der Waals surface area (Å²) in [6.45, 7) is 11.8. The van der Waals surface area contributed by atoms with E-state index in [1.54, 1.807) is 0 Å². The fourth-order valence-corrected chi connectivity index (χ4v) is 12.2. The largest absolute Gasteiger partial charge is 0.472 e. The predicted molar refractivity (Wildman–Crippen MR) is 363 cm³/mol. The molecular formula is C71H138O17P2. The fraction of sp³-hybridized carbons (Fsp3) is 0.944. The van der Waals surface area contributed by atoms with Gasteiger partial charge in [0.05, 0.1) is 26.4 Å². The molecule has 0 aliphatic heterocycles. The van der Waals surface area contributed by atoms with Gasteiger partial charge >= 0.3 is 39.5 Å². The van der Waals surface area contributed by atoms with E-state index in [9.17, 15) is 43.2 Å². The van der Waals surface area contributed by atoms with E-state index in [4.69, 9.17) is 37.0 Å². The molecule has 90 heavy (non-hydrogen) atoms. The van der Waals surface area contributed by atoms with Crippen molar-refractivity contribution in [2.24, 2.45) is 17.8 Å². The SMILES string of the molecule is CCCCCCCC(=O)OC[C@H](COP(=O)(O)OC[C@H](O)COP(=O)(O)OC[C@@H](COC(=O)CCCCCCCCCCCCC(C)C)OC(=O)CCCCCCCCCCCCCCCCCCCCC(C)CC)OC(=O)CCCCCCCCC(C)CC. The first-order chi connectivity index (χ1) is 43.3. The molecule has 0 radical (unpaired) electrons. The van der Waals surface area contributed by atoms with E-state index in [1.807, 2.05) is 0 Å². The summed E-state index contributed by atoms with van der Waals surface area (Å²) in [7, 11) is -9.89. The standard InChI is InChI=1S/C71H138O17P2/c1-8-11-12-35-45-52-68(73)81-58-66(88-71(76)55-48-41-34-33-38-44-51-64(7)10-3)60-85-89(77,78)83-56-65(72)57-84-90(79,80)86-61-67(59-82-69(74)53-46-39-31-27-24-23-25-29-36-42-49-62(4)5)87-70(75)54-47-40-32-28-22-20-18-16-14-13-15-17-19-21-26-30-37-43-50-63(6)9-2/h62-67,72H,8-61H2,1-7H3,(H,77,78)(H,79,80)/t63?,64?,65-,66+,67+/m0/s1. The van der Waals surface area contributed by atoms with E-state index in [0.717, 1.165) is 114 Å². The lowest BCUT2D eigenvalue weighted by molar-refractivity contribution is -0.161. The molecule has 0 heterocycles. The van der Waals surface area contributed by atoms with Crippen LogP contribution in [0.2, 0.25) is 0 Å². The summed E-state index contributed by atoms with van der Waals surface area (Å²) in [4.78, 5) is 72.2. The molecule has 534 valence electrons. The van der Waals surface area contributed by atoms with Crippen molar-refractivity contribution >= 4 is 39.5 Å². The number of phosphoric ester groups is 2. The van der Waals surface area contributed by atoms with Crippen molar-refractivity contribution in [3.8, 4) is 0 Å². The van der Waals surface area contributed by atoms with E-state index in [0.29, 0.717) is 25.7 Å². The predicted octanol–water partition coefficient (Wildman–Crippen LogP) is 20.2. The molecule has 0 aromatic rings. The molecule has 19 heteroatoms. The second kappa shape index (κ2) is 61.9. The van der Waals surface area contributed by atoms with Crippen LogP contribution in [0.1, 0.15) is 357 Å². The minimum absolute atomic E-state index is 0.102. The highest BCUT2D eigenvalue weighted by molar-refractivity contribution is 7.47. The van der Waals surface area contributed by atoms with Crippen molar-refractivity contribution in [2.75, 3.05) is 39.6 Å². The number of esters is 4. The van der Waals surface area contributed by atoms with Crippen molar-refractivity contribution in [3.05, 3.63) is 0 Å². The van der Waals surface area contributed by atoms with Crippen LogP contribution in [0.15, 0.2) is 0 Å². The number of hydrogen-bond donors (Lipinski definition) is 3. The molecule has 3 N–H and O–H groups in total. The Morgan fingerprint density at radius 1 is 0.322 bits per heavy atom. The highest BCUT2D eigenvalue weighted by Gasteiger charge is 2.30. The smallest absolute Gasteiger partial charge is 0.462 e. The molecule has 17 nitrogen and oxygen atoms in total. The van der Waals surface area contributed by atoms with Gasteiger partial charge in [0.25, 0.3) is 0 Å². The molecule has 0 amide bonds. The van der Waals surface area contributed by atoms with Crippen molar-refractivity contribution < 1.29 is 80.2 Å². The van der Waals surface area contributed by atoms with Gasteiger partial charge in [-0.25, -0.2) is 9.13 Å². The first-order valence-corrected chi connectivity index (χ1v) is 39.9. The molecule has 7 atom stereocenters. The Hall–Kier alpha value is -1.94. The molecule has 0 saturated heterocycles. The lowest BCUT2D eigenvalue weighted by Crippen LogP contribution is -2.30. The minimum Gasteiger partial charge on any atom is -0.462 e. The highest BCUT2D eigenvalue weighted by Crippen LogP contribution is 2.45. The van der Waals surface area contributed by atoms with Crippen molar-refractivity contribution in [2.45, 2.75) is 375 Å². The number of carbonyl (C=O) groups is 4. The number of phosphoric acid groups is 2. The maximum atomic E-state index is 13.0. The Bertz CT molecular complexity index is 1770. The first-order valence-electron chi connectivity index (χ1n) is 36.9. The summed E-state index contributed by atoms with van der Waals surface area (Å²) in [5.74, 6) is 0.210. The Kier molecular flexibility index (Phi) is 60.6. The van der Waals surface area contributed by atoms with Gasteiger partial charge in [-0.1, -0.05) is 305 Å². The van der Waals surface area contributed by atoms with E-state index in [2.05, 4.69) is 48.5 Å². The van der Waals surface area contributed by atoms with Crippen LogP contribution in [-0.4, -0.2) is 96.7 Å². The average Bonchev–Trinajstić information content (AvgIpc) is 3.67. The average molecular weight is 1330 g/mol. The van der Waals surface area contributed by atoms with Gasteiger partial charge in [-0.2, -0.15) is 0 Å². The summed E-state index contributed by atoms with van der Waals surface area (Å²) in [5.41, 5.74) is 0. The zero-order valence-corrected chi connectivity index (χ0v) is 60.4. The summed E-state index contributed by atoms with van der Waals surface area (Å²) in [6.07, 6.45) is 46.4. The van der Waals surface area contributed by atoms with Gasteiger partial charge in [-0.05, 0) is 43.4 Å². The summed E-state index contributed by atoms with van der Waals surface area (Å²) in [6, 6.07) is 0. The number of hydrogen-bond acceptors (Lipinski definition) is 15. The van der Waals surface area contributed by atoms with Gasteiger partial charge in [-0.15, -0.1) is 0 Å². The molecule has 0 rings (SSSR count). The molecule has 0 spiro atoms. The molecule has 0 fully saturated rings. The topological polar surface area (TPSA) is 237 Å². The second-order valence-electron chi connectivity index (χ2n) is 26.6. The van der Waals surface area contributed by atoms with E-state index in [-0.39, 0.29) is 25.7 Å². The van der Waals surface area contributed by atoms with E-state index in [1.165, 1.54) is 161 Å². The van der Waals surface area contributed by atoms with Crippen LogP contribution >= 0.6 is 15.6 Å². The van der Waals surface area contributed by atoms with Crippen LogP contribution < -0.4 is 0 Å². The van der Waals surface area contributed by atoms with Gasteiger partial charge in [0, 0.05) is 25.7 Å². The Morgan fingerprint density at radius 3 is 0.844 bits per heavy atom. The van der Waals surface area contributed by atoms with Crippen LogP contribution in [0, 0.1) is 17.8 Å². The van der Waals surface area contributed by atoms with Gasteiger partial charge in [0.2, 0.25) is 0 Å². The van der Waals surface area contributed by atoms with Crippen molar-refractivity contribution in [1.29, 1.82) is 0 Å². The maximum absolute atomic E-state index is 13.0. The second-order valence-corrected chi connectivity index (χ2v) is 29.5. The normalized spacial score (nSPS) is 14.8. The summed E-state index contributed by atoms with van der Waals surface area (Å²) >= 11 is 0. The van der Waals surface area contributed by atoms with Crippen molar-refractivity contribution in [1.82, 2.24) is 0 Å². The number of aliphatic hydroxyl groups is 1. The van der Waals surface area contributed by atoms with Gasteiger partial charge in [0.15, 0.2) is 12.2 Å². The molecule has 0 aliphatic rings. The number of ether oxygens (including phenoxy) is 4. The quantitative estimate of drug-likeness (QED) is 0.0222. The zero-order chi connectivity index (χ0) is 66.6. The van der Waals surface area contributed by atoms with E-state index >= 15 is 0 Å². The number of unbranched alkanes of at least 4 members (excludes halogenated alkanes) is 35. The first kappa shape index (κ1) is 88.1. The third-order valence-corrected chi connectivity index (χ3v) is 19.0. The fourth-order valence-electron chi connectivity index (χ4n) is 10.7. The number of carbonyl (C=O) groups excluding carboxylic acids is 4. The minimum atomic E-state index is -4.95. The summed E-state index contributed by atoms with van der Waals surface area (Å²) in [5, 5.41) is 10.6. The summed E-state index contributed by atoms with van der Waals surface area (Å²) < 4.78 is 68.0. The molecule has 0 aromatic heterocycles. The number of rotatable bonds is 69. The van der Waals surface area contributed by atoms with Crippen LogP contribution in [0.5, 0.6) is 0 Å². The molecular weight excluding hydrogens is 1190 g/mol. The Labute approximate surface area is 549 Å². The molecule has 0 saturated carbocycles. The number of aliphatic hydroxyl groups excluding tert-OH is 1. The maximum Gasteiger partial charge on any atom is 0.472 e.